The second-order valence-corrected chi connectivity index (χ2v) is 8.01. The van der Waals surface area contributed by atoms with E-state index in [1.165, 1.54) is 0 Å². The molecule has 0 aliphatic heterocycles. The molecule has 0 radical (unpaired) electrons. The number of halogens is 1. The van der Waals surface area contributed by atoms with Crippen LogP contribution in [0.1, 0.15) is 36.6 Å². The number of carbonyl (C=O) groups excluding carboxylic acids is 2. The van der Waals surface area contributed by atoms with Crippen LogP contribution in [0.25, 0.3) is 0 Å². The molecule has 2 rings (SSSR count). The summed E-state index contributed by atoms with van der Waals surface area (Å²) in [7, 11) is 0. The molecule has 0 spiro atoms. The van der Waals surface area contributed by atoms with Gasteiger partial charge in [-0.25, -0.2) is 0 Å². The molecular weight excluding hydrogens is 380 g/mol. The van der Waals surface area contributed by atoms with E-state index in [9.17, 15) is 9.59 Å². The fourth-order valence-corrected chi connectivity index (χ4v) is 3.82. The highest BCUT2D eigenvalue weighted by molar-refractivity contribution is 8.00. The lowest BCUT2D eigenvalue weighted by atomic mass is 10.0. The van der Waals surface area contributed by atoms with E-state index in [4.69, 9.17) is 11.6 Å². The Kier molecular flexibility index (Phi) is 8.69. The lowest BCUT2D eigenvalue weighted by Crippen LogP contribution is -2.34. The van der Waals surface area contributed by atoms with Crippen molar-refractivity contribution in [3.8, 4) is 0 Å². The van der Waals surface area contributed by atoms with E-state index < -0.39 is 0 Å². The van der Waals surface area contributed by atoms with Gasteiger partial charge >= 0.3 is 0 Å². The van der Waals surface area contributed by atoms with Crippen LogP contribution in [-0.4, -0.2) is 30.2 Å². The second kappa shape index (κ2) is 11.0. The normalized spacial score (nSPS) is 11.9. The van der Waals surface area contributed by atoms with Crippen LogP contribution >= 0.6 is 23.4 Å². The number of rotatable bonds is 9. The van der Waals surface area contributed by atoms with E-state index in [1.54, 1.807) is 11.8 Å². The van der Waals surface area contributed by atoms with E-state index in [2.05, 4.69) is 22.8 Å². The largest absolute Gasteiger partial charge is 0.355 e. The zero-order chi connectivity index (χ0) is 19.6. The predicted octanol–water partition coefficient (Wildman–Crippen LogP) is 4.19. The molecule has 2 aromatic carbocycles. The lowest BCUT2D eigenvalue weighted by molar-refractivity contribution is -0.121. The number of hydrogen-bond acceptors (Lipinski definition) is 3. The van der Waals surface area contributed by atoms with E-state index >= 15 is 0 Å². The predicted molar refractivity (Wildman–Crippen MR) is 113 cm³/mol. The SMILES string of the molecule is CC(C)NC(=O)CCNC(=O)CSC(c1ccccc1)c1ccc(Cl)cc1. The van der Waals surface area contributed by atoms with Gasteiger partial charge in [0, 0.05) is 24.0 Å². The number of hydrogen-bond donors (Lipinski definition) is 2. The minimum atomic E-state index is -0.0766. The molecule has 4 nitrogen and oxygen atoms in total. The van der Waals surface area contributed by atoms with Crippen molar-refractivity contribution >= 4 is 35.2 Å². The molecule has 2 aromatic rings. The topological polar surface area (TPSA) is 58.2 Å². The van der Waals surface area contributed by atoms with E-state index in [0.717, 1.165) is 11.1 Å². The van der Waals surface area contributed by atoms with Gasteiger partial charge in [0.25, 0.3) is 0 Å². The highest BCUT2D eigenvalue weighted by Crippen LogP contribution is 2.35. The molecule has 6 heteroatoms. The van der Waals surface area contributed by atoms with Gasteiger partial charge in [-0.1, -0.05) is 54.1 Å². The van der Waals surface area contributed by atoms with Crippen molar-refractivity contribution in [2.45, 2.75) is 31.6 Å². The smallest absolute Gasteiger partial charge is 0.230 e. The lowest BCUT2D eigenvalue weighted by Gasteiger charge is -2.18. The molecule has 0 heterocycles. The van der Waals surface area contributed by atoms with Crippen LogP contribution < -0.4 is 10.6 Å². The standard InChI is InChI=1S/C21H25ClN2O2S/c1-15(2)24-19(25)12-13-23-20(26)14-27-21(16-6-4-3-5-7-16)17-8-10-18(22)11-9-17/h3-11,15,21H,12-14H2,1-2H3,(H,23,26)(H,24,25). The van der Waals surface area contributed by atoms with Crippen LogP contribution in [-0.2, 0) is 9.59 Å². The Morgan fingerprint density at radius 1 is 0.963 bits per heavy atom. The van der Waals surface area contributed by atoms with Gasteiger partial charge in [0.15, 0.2) is 0 Å². The summed E-state index contributed by atoms with van der Waals surface area (Å²) in [5, 5.41) is 6.35. The van der Waals surface area contributed by atoms with Crippen molar-refractivity contribution in [1.82, 2.24) is 10.6 Å². The molecule has 0 bridgehead atoms. The van der Waals surface area contributed by atoms with Crippen LogP contribution in [0, 0.1) is 0 Å². The maximum atomic E-state index is 12.2. The summed E-state index contributed by atoms with van der Waals surface area (Å²) < 4.78 is 0. The van der Waals surface area contributed by atoms with Crippen LogP contribution in [0.15, 0.2) is 54.6 Å². The van der Waals surface area contributed by atoms with Gasteiger partial charge in [0.2, 0.25) is 11.8 Å². The summed E-state index contributed by atoms with van der Waals surface area (Å²) in [6, 6.07) is 17.9. The van der Waals surface area contributed by atoms with E-state index in [-0.39, 0.29) is 29.5 Å². The Morgan fingerprint density at radius 3 is 2.22 bits per heavy atom. The van der Waals surface area contributed by atoms with Crippen molar-refractivity contribution in [3.05, 3.63) is 70.7 Å². The second-order valence-electron chi connectivity index (χ2n) is 6.48. The first-order chi connectivity index (χ1) is 13.0. The Labute approximate surface area is 170 Å². The Balaban J connectivity index is 1.91. The summed E-state index contributed by atoms with van der Waals surface area (Å²) in [6.45, 7) is 4.16. The minimum absolute atomic E-state index is 0.0402. The molecule has 0 aliphatic carbocycles. The van der Waals surface area contributed by atoms with Crippen molar-refractivity contribution in [1.29, 1.82) is 0 Å². The number of amides is 2. The zero-order valence-electron chi connectivity index (χ0n) is 15.6. The fourth-order valence-electron chi connectivity index (χ4n) is 2.57. The van der Waals surface area contributed by atoms with Crippen LogP contribution in [0.3, 0.4) is 0 Å². The zero-order valence-corrected chi connectivity index (χ0v) is 17.1. The third-order valence-electron chi connectivity index (χ3n) is 3.78. The summed E-state index contributed by atoms with van der Waals surface area (Å²) >= 11 is 7.56. The molecule has 27 heavy (non-hydrogen) atoms. The van der Waals surface area contributed by atoms with Crippen LogP contribution in [0.4, 0.5) is 0 Å². The number of thioether (sulfide) groups is 1. The first-order valence-electron chi connectivity index (χ1n) is 8.94. The Morgan fingerprint density at radius 2 is 1.59 bits per heavy atom. The quantitative estimate of drug-likeness (QED) is 0.658. The maximum Gasteiger partial charge on any atom is 0.230 e. The molecule has 0 aliphatic rings. The highest BCUT2D eigenvalue weighted by atomic mass is 35.5. The highest BCUT2D eigenvalue weighted by Gasteiger charge is 2.16. The molecule has 144 valence electrons. The number of benzene rings is 2. The Hall–Kier alpha value is -1.98. The van der Waals surface area contributed by atoms with E-state index in [0.29, 0.717) is 17.3 Å². The van der Waals surface area contributed by atoms with Crippen LogP contribution in [0.5, 0.6) is 0 Å². The number of carbonyl (C=O) groups is 2. The third kappa shape index (κ3) is 7.65. The first-order valence-corrected chi connectivity index (χ1v) is 10.4. The van der Waals surface area contributed by atoms with Gasteiger partial charge in [0.1, 0.15) is 0 Å². The summed E-state index contributed by atoms with van der Waals surface area (Å²) in [6.07, 6.45) is 0.286. The van der Waals surface area contributed by atoms with Crippen molar-refractivity contribution < 1.29 is 9.59 Å². The first kappa shape index (κ1) is 21.3. The summed E-state index contributed by atoms with van der Waals surface area (Å²) in [5.74, 6) is 0.182. The van der Waals surface area contributed by atoms with Gasteiger partial charge in [-0.05, 0) is 37.1 Å². The fraction of sp³-hybridized carbons (Fsp3) is 0.333. The van der Waals surface area contributed by atoms with Crippen LogP contribution in [0.2, 0.25) is 5.02 Å². The molecule has 2 amide bonds. The molecule has 0 aromatic heterocycles. The van der Waals surface area contributed by atoms with Gasteiger partial charge in [-0.15, -0.1) is 11.8 Å². The summed E-state index contributed by atoms with van der Waals surface area (Å²) in [4.78, 5) is 23.8. The Bertz CT molecular complexity index is 736. The van der Waals surface area contributed by atoms with Gasteiger partial charge in [0.05, 0.1) is 11.0 Å². The maximum absolute atomic E-state index is 12.2. The molecule has 1 unspecified atom stereocenters. The van der Waals surface area contributed by atoms with Gasteiger partial charge < -0.3 is 10.6 Å². The molecule has 0 fully saturated rings. The molecule has 0 saturated carbocycles. The average molecular weight is 405 g/mol. The van der Waals surface area contributed by atoms with E-state index in [1.807, 2.05) is 56.3 Å². The van der Waals surface area contributed by atoms with Gasteiger partial charge in [-0.3, -0.25) is 9.59 Å². The van der Waals surface area contributed by atoms with Crippen molar-refractivity contribution in [3.63, 3.8) is 0 Å². The molecular formula is C21H25ClN2O2S. The van der Waals surface area contributed by atoms with Gasteiger partial charge in [-0.2, -0.15) is 0 Å². The molecule has 0 saturated heterocycles. The molecule has 1 atom stereocenters. The number of nitrogens with one attached hydrogen (secondary N) is 2. The van der Waals surface area contributed by atoms with Crippen molar-refractivity contribution in [2.24, 2.45) is 0 Å². The molecule has 2 N–H and O–H groups in total. The third-order valence-corrected chi connectivity index (χ3v) is 5.34. The minimum Gasteiger partial charge on any atom is -0.355 e. The monoisotopic (exact) mass is 404 g/mol. The van der Waals surface area contributed by atoms with Crippen molar-refractivity contribution in [2.75, 3.05) is 12.3 Å². The summed E-state index contributed by atoms with van der Waals surface area (Å²) in [5.41, 5.74) is 2.23. The average Bonchev–Trinajstić information content (AvgIpc) is 2.63.